The highest BCUT2D eigenvalue weighted by atomic mass is 35.5. The molecule has 1 aliphatic heterocycles. The molecule has 1 N–H and O–H groups in total. The Morgan fingerprint density at radius 3 is 2.61 bits per heavy atom. The molecule has 4 heteroatoms. The van der Waals surface area contributed by atoms with E-state index in [9.17, 15) is 0 Å². The van der Waals surface area contributed by atoms with Crippen molar-refractivity contribution in [2.24, 2.45) is 0 Å². The molecule has 0 radical (unpaired) electrons. The van der Waals surface area contributed by atoms with Crippen LogP contribution in [-0.4, -0.2) is 0 Å². The van der Waals surface area contributed by atoms with Gasteiger partial charge in [-0.05, 0) is 48.5 Å². The molecule has 0 amide bonds. The molecule has 3 aromatic rings. The number of ether oxygens (including phenoxy) is 1. The predicted molar refractivity (Wildman–Crippen MR) is 88.3 cm³/mol. The van der Waals surface area contributed by atoms with Gasteiger partial charge in [0.1, 0.15) is 18.8 Å². The fraction of sp³-hybridized carbons (Fsp3) is 0.158. The van der Waals surface area contributed by atoms with Crippen LogP contribution in [0.4, 0.5) is 0 Å². The topological polar surface area (TPSA) is 26.8 Å². The van der Waals surface area contributed by atoms with Gasteiger partial charge in [-0.3, -0.25) is 4.90 Å². The minimum atomic E-state index is -0.0766. The van der Waals surface area contributed by atoms with Gasteiger partial charge in [-0.15, -0.1) is 0 Å². The first-order valence-corrected chi connectivity index (χ1v) is 8.04. The molecule has 0 bridgehead atoms. The van der Waals surface area contributed by atoms with E-state index in [-0.39, 0.29) is 6.23 Å². The molecule has 0 spiro atoms. The number of nitrogens with one attached hydrogen (secondary N) is 1. The van der Waals surface area contributed by atoms with Gasteiger partial charge in [0.05, 0.1) is 11.8 Å². The Labute approximate surface area is 140 Å². The van der Waals surface area contributed by atoms with E-state index in [1.165, 1.54) is 10.5 Å². The molecule has 1 aromatic heterocycles. The molecule has 2 heterocycles. The second kappa shape index (κ2) is 6.11. The van der Waals surface area contributed by atoms with Crippen LogP contribution in [0.2, 0.25) is 5.02 Å². The number of hydrogen-bond donors (Lipinski definition) is 1. The minimum Gasteiger partial charge on any atom is -0.463 e. The average molecular weight is 327 g/mol. The highest BCUT2D eigenvalue weighted by Gasteiger charge is 2.32. The molecule has 1 unspecified atom stereocenters. The van der Waals surface area contributed by atoms with Crippen LogP contribution in [0.3, 0.4) is 0 Å². The third kappa shape index (κ3) is 2.98. The van der Waals surface area contributed by atoms with Gasteiger partial charge in [0.25, 0.3) is 6.23 Å². The summed E-state index contributed by atoms with van der Waals surface area (Å²) in [6, 6.07) is 20.0. The number of hydrogen-bond acceptors (Lipinski definition) is 2. The van der Waals surface area contributed by atoms with Gasteiger partial charge in [0.2, 0.25) is 0 Å². The lowest BCUT2D eigenvalue weighted by atomic mass is 10.1. The molecule has 3 nitrogen and oxygen atoms in total. The summed E-state index contributed by atoms with van der Waals surface area (Å²) in [5.41, 5.74) is 2.34. The van der Waals surface area contributed by atoms with E-state index in [0.717, 1.165) is 35.2 Å². The van der Waals surface area contributed by atoms with E-state index in [4.69, 9.17) is 20.8 Å². The number of para-hydroxylation sites is 1. The minimum absolute atomic E-state index is 0.0766. The molecule has 0 saturated heterocycles. The fourth-order valence-corrected chi connectivity index (χ4v) is 3.17. The highest BCUT2D eigenvalue weighted by Crippen LogP contribution is 2.27. The Morgan fingerprint density at radius 1 is 1.00 bits per heavy atom. The fourth-order valence-electron chi connectivity index (χ4n) is 3.05. The van der Waals surface area contributed by atoms with Gasteiger partial charge in [0.15, 0.2) is 5.76 Å². The number of benzene rings is 2. The summed E-state index contributed by atoms with van der Waals surface area (Å²) in [6.07, 6.45) is 1.64. The van der Waals surface area contributed by atoms with E-state index in [1.807, 2.05) is 48.5 Å². The van der Waals surface area contributed by atoms with Crippen molar-refractivity contribution in [3.63, 3.8) is 0 Å². The second-order valence-corrected chi connectivity index (χ2v) is 6.18. The number of fused-ring (bicyclic) bond motifs is 1. The van der Waals surface area contributed by atoms with Crippen LogP contribution in [0.5, 0.6) is 5.75 Å². The predicted octanol–water partition coefficient (Wildman–Crippen LogP) is 3.61. The van der Waals surface area contributed by atoms with Crippen molar-refractivity contribution in [1.82, 2.24) is 0 Å². The first-order chi connectivity index (χ1) is 11.3. The Morgan fingerprint density at radius 2 is 1.83 bits per heavy atom. The Hall–Kier alpha value is -2.23. The van der Waals surface area contributed by atoms with Crippen molar-refractivity contribution in [3.8, 4) is 5.75 Å². The van der Waals surface area contributed by atoms with Crippen molar-refractivity contribution >= 4 is 11.6 Å². The van der Waals surface area contributed by atoms with Crippen LogP contribution in [0, 0.1) is 0 Å². The summed E-state index contributed by atoms with van der Waals surface area (Å²) in [7, 11) is 0. The largest absolute Gasteiger partial charge is 0.463 e. The zero-order valence-electron chi connectivity index (χ0n) is 12.5. The maximum atomic E-state index is 6.30. The number of quaternary nitrogens is 1. The summed E-state index contributed by atoms with van der Waals surface area (Å²) in [5.74, 6) is 1.91. The molecule has 116 valence electrons. The average Bonchev–Trinajstić information content (AvgIpc) is 3.08. The second-order valence-electron chi connectivity index (χ2n) is 5.75. The molecule has 2 atom stereocenters. The summed E-state index contributed by atoms with van der Waals surface area (Å²) in [4.78, 5) is 1.29. The van der Waals surface area contributed by atoms with Gasteiger partial charge in [-0.25, -0.2) is 0 Å². The maximum Gasteiger partial charge on any atom is 0.259 e. The van der Waals surface area contributed by atoms with E-state index >= 15 is 0 Å². The number of furan rings is 1. The third-order valence-electron chi connectivity index (χ3n) is 4.16. The molecule has 0 saturated carbocycles. The maximum absolute atomic E-state index is 6.30. The van der Waals surface area contributed by atoms with Crippen molar-refractivity contribution in [2.45, 2.75) is 19.3 Å². The lowest BCUT2D eigenvalue weighted by molar-refractivity contribution is -0.980. The standard InChI is InChI=1S/C19H16ClNO2/c20-16-9-7-14(8-10-16)19-21(13-17-5-3-11-22-17)12-15-4-1-2-6-18(15)23-19/h1-11,19H,12-13H2/p+1/t19-/m0/s1. The van der Waals surface area contributed by atoms with Crippen molar-refractivity contribution in [3.05, 3.63) is 88.8 Å². The highest BCUT2D eigenvalue weighted by molar-refractivity contribution is 6.30. The molecular weight excluding hydrogens is 310 g/mol. The summed E-state index contributed by atoms with van der Waals surface area (Å²) in [5, 5.41) is 0.734. The lowest BCUT2D eigenvalue weighted by Gasteiger charge is -2.33. The van der Waals surface area contributed by atoms with Crippen LogP contribution in [0.15, 0.2) is 71.3 Å². The van der Waals surface area contributed by atoms with E-state index in [1.54, 1.807) is 6.26 Å². The van der Waals surface area contributed by atoms with Crippen LogP contribution in [0.1, 0.15) is 23.1 Å². The monoisotopic (exact) mass is 326 g/mol. The number of rotatable bonds is 3. The molecule has 4 rings (SSSR count). The zero-order valence-corrected chi connectivity index (χ0v) is 13.3. The molecule has 23 heavy (non-hydrogen) atoms. The van der Waals surface area contributed by atoms with Crippen molar-refractivity contribution in [1.29, 1.82) is 0 Å². The van der Waals surface area contributed by atoms with Crippen LogP contribution in [0.25, 0.3) is 0 Å². The summed E-state index contributed by atoms with van der Waals surface area (Å²) >= 11 is 6.02. The Kier molecular flexibility index (Phi) is 3.82. The Bertz CT molecular complexity index is 783. The van der Waals surface area contributed by atoms with E-state index in [0.29, 0.717) is 0 Å². The molecule has 2 aromatic carbocycles. The quantitative estimate of drug-likeness (QED) is 0.796. The van der Waals surface area contributed by atoms with Crippen molar-refractivity contribution in [2.75, 3.05) is 0 Å². The van der Waals surface area contributed by atoms with E-state index < -0.39 is 0 Å². The Balaban J connectivity index is 1.69. The lowest BCUT2D eigenvalue weighted by Crippen LogP contribution is -3.11. The van der Waals surface area contributed by atoms with Gasteiger partial charge in [-0.1, -0.05) is 23.7 Å². The van der Waals surface area contributed by atoms with Gasteiger partial charge < -0.3 is 9.15 Å². The summed E-state index contributed by atoms with van der Waals surface area (Å²) < 4.78 is 11.8. The van der Waals surface area contributed by atoms with E-state index in [2.05, 4.69) is 12.1 Å². The van der Waals surface area contributed by atoms with Crippen LogP contribution in [-0.2, 0) is 13.1 Å². The van der Waals surface area contributed by atoms with Gasteiger partial charge >= 0.3 is 0 Å². The number of halogens is 1. The molecular formula is C19H17ClNO2+. The summed E-state index contributed by atoms with van der Waals surface area (Å²) in [6.45, 7) is 1.67. The third-order valence-corrected chi connectivity index (χ3v) is 4.41. The van der Waals surface area contributed by atoms with Crippen LogP contribution < -0.4 is 9.64 Å². The first-order valence-electron chi connectivity index (χ1n) is 7.66. The van der Waals surface area contributed by atoms with Crippen molar-refractivity contribution < 1.29 is 14.1 Å². The zero-order chi connectivity index (χ0) is 15.6. The van der Waals surface area contributed by atoms with Gasteiger partial charge in [-0.2, -0.15) is 0 Å². The SMILES string of the molecule is Clc1ccc([C@@H]2Oc3ccccc3C[NH+]2Cc2ccco2)cc1. The first kappa shape index (κ1) is 14.4. The molecule has 1 aliphatic rings. The molecule has 0 fully saturated rings. The van der Waals surface area contributed by atoms with Crippen LogP contribution >= 0.6 is 11.6 Å². The molecule has 0 aliphatic carbocycles. The normalized spacial score (nSPS) is 19.9. The van der Waals surface area contributed by atoms with Gasteiger partial charge in [0, 0.05) is 10.6 Å². The smallest absolute Gasteiger partial charge is 0.259 e.